The molecule has 0 fully saturated rings. The van der Waals surface area contributed by atoms with Crippen molar-refractivity contribution in [2.45, 2.75) is 46.8 Å². The minimum Gasteiger partial charge on any atom is -0.329 e. The number of nitrogens with one attached hydrogen (secondary N) is 1. The Morgan fingerprint density at radius 3 is 2.55 bits per heavy atom. The van der Waals surface area contributed by atoms with Gasteiger partial charge in [0, 0.05) is 37.6 Å². The molecule has 22 heavy (non-hydrogen) atoms. The fraction of sp³-hybridized carbons (Fsp3) is 0.600. The minimum atomic E-state index is -0.204. The number of fused-ring (bicyclic) bond motifs is 1. The zero-order valence-corrected chi connectivity index (χ0v) is 14.3. The van der Waals surface area contributed by atoms with E-state index in [4.69, 9.17) is 5.73 Å². The van der Waals surface area contributed by atoms with Crippen LogP contribution in [0.15, 0.2) is 9.59 Å². The van der Waals surface area contributed by atoms with Gasteiger partial charge in [-0.25, -0.2) is 4.79 Å². The van der Waals surface area contributed by atoms with Crippen molar-refractivity contribution < 1.29 is 0 Å². The molecule has 0 saturated carbocycles. The summed E-state index contributed by atoms with van der Waals surface area (Å²) in [6.45, 7) is 8.83. The first-order chi connectivity index (χ1) is 10.6. The Kier molecular flexibility index (Phi) is 5.55. The van der Waals surface area contributed by atoms with E-state index in [0.29, 0.717) is 31.6 Å². The average molecular weight is 324 g/mol. The van der Waals surface area contributed by atoms with E-state index in [2.05, 4.69) is 5.32 Å². The molecule has 0 spiro atoms. The second kappa shape index (κ2) is 7.21. The van der Waals surface area contributed by atoms with Crippen molar-refractivity contribution in [2.24, 2.45) is 5.73 Å². The van der Waals surface area contributed by atoms with Crippen LogP contribution in [0.4, 0.5) is 0 Å². The highest BCUT2D eigenvalue weighted by Gasteiger charge is 2.18. The topological polar surface area (TPSA) is 82.0 Å². The Bertz CT molecular complexity index is 772. The monoisotopic (exact) mass is 324 g/mol. The van der Waals surface area contributed by atoms with Crippen LogP contribution in [0.3, 0.4) is 0 Å². The number of rotatable bonds is 7. The molecule has 0 aliphatic heterocycles. The average Bonchev–Trinajstić information content (AvgIpc) is 2.82. The van der Waals surface area contributed by atoms with E-state index < -0.39 is 0 Å². The van der Waals surface area contributed by atoms with Gasteiger partial charge in [-0.05, 0) is 25.8 Å². The van der Waals surface area contributed by atoms with E-state index in [0.717, 1.165) is 28.2 Å². The second-order valence-electron chi connectivity index (χ2n) is 5.28. The van der Waals surface area contributed by atoms with Crippen LogP contribution in [0, 0.1) is 6.92 Å². The fourth-order valence-corrected chi connectivity index (χ4v) is 3.90. The molecule has 2 rings (SSSR count). The zero-order valence-electron chi connectivity index (χ0n) is 13.4. The Morgan fingerprint density at radius 1 is 1.23 bits per heavy atom. The van der Waals surface area contributed by atoms with Crippen LogP contribution in [-0.4, -0.2) is 22.2 Å². The summed E-state index contributed by atoms with van der Waals surface area (Å²) in [6.07, 6.45) is 0.856. The summed E-state index contributed by atoms with van der Waals surface area (Å²) in [6, 6.07) is 0. The third-order valence-corrected chi connectivity index (χ3v) is 5.08. The molecule has 122 valence electrons. The summed E-state index contributed by atoms with van der Waals surface area (Å²) in [5.74, 6) is 0. The predicted molar refractivity (Wildman–Crippen MR) is 91.8 cm³/mol. The fourth-order valence-electron chi connectivity index (χ4n) is 2.61. The quantitative estimate of drug-likeness (QED) is 0.745. The number of aromatic nitrogens is 2. The van der Waals surface area contributed by atoms with Crippen LogP contribution in [0.25, 0.3) is 10.2 Å². The first-order valence-electron chi connectivity index (χ1n) is 7.73. The van der Waals surface area contributed by atoms with Crippen molar-refractivity contribution in [3.8, 4) is 0 Å². The number of hydrogen-bond acceptors (Lipinski definition) is 5. The van der Waals surface area contributed by atoms with Crippen LogP contribution in [0.1, 0.15) is 30.7 Å². The molecule has 0 aromatic carbocycles. The molecule has 2 aromatic heterocycles. The van der Waals surface area contributed by atoms with Gasteiger partial charge in [0.1, 0.15) is 4.83 Å². The molecule has 0 aliphatic rings. The Hall–Kier alpha value is -1.44. The van der Waals surface area contributed by atoms with Crippen LogP contribution >= 0.6 is 11.3 Å². The van der Waals surface area contributed by atoms with Crippen LogP contribution in [0.5, 0.6) is 0 Å². The first-order valence-corrected chi connectivity index (χ1v) is 8.54. The van der Waals surface area contributed by atoms with Crippen LogP contribution in [0.2, 0.25) is 0 Å². The summed E-state index contributed by atoms with van der Waals surface area (Å²) in [7, 11) is 0. The van der Waals surface area contributed by atoms with Gasteiger partial charge in [0.25, 0.3) is 5.56 Å². The minimum absolute atomic E-state index is 0.173. The molecule has 6 nitrogen and oxygen atoms in total. The third-order valence-electron chi connectivity index (χ3n) is 3.76. The van der Waals surface area contributed by atoms with Gasteiger partial charge in [0.15, 0.2) is 0 Å². The normalized spacial score (nSPS) is 11.5. The number of hydrogen-bond donors (Lipinski definition) is 2. The lowest BCUT2D eigenvalue weighted by atomic mass is 10.2. The van der Waals surface area contributed by atoms with Gasteiger partial charge < -0.3 is 11.1 Å². The van der Waals surface area contributed by atoms with Gasteiger partial charge in [0.2, 0.25) is 0 Å². The van der Waals surface area contributed by atoms with Gasteiger partial charge in [-0.2, -0.15) is 0 Å². The molecule has 0 bridgehead atoms. The van der Waals surface area contributed by atoms with E-state index in [-0.39, 0.29) is 11.2 Å². The van der Waals surface area contributed by atoms with Gasteiger partial charge in [-0.1, -0.05) is 6.92 Å². The molecule has 0 aliphatic carbocycles. The molecule has 0 radical (unpaired) electrons. The predicted octanol–water partition coefficient (Wildman–Crippen LogP) is 1.01. The molecule has 0 atom stereocenters. The third kappa shape index (κ3) is 2.88. The molecular formula is C15H24N4O2S. The van der Waals surface area contributed by atoms with Crippen molar-refractivity contribution in [1.29, 1.82) is 0 Å². The summed E-state index contributed by atoms with van der Waals surface area (Å²) in [5, 5.41) is 3.94. The Morgan fingerprint density at radius 2 is 1.95 bits per heavy atom. The summed E-state index contributed by atoms with van der Waals surface area (Å²) in [5.41, 5.74) is 6.09. The standard InChI is InChI=1S/C15H24N4O2S/c1-4-8-19-14-12(13(20)18(5-2)15(19)21)10(3)11(22-14)9-17-7-6-16/h17H,4-9,16H2,1-3H3. The molecule has 2 aromatic rings. The first kappa shape index (κ1) is 16.9. The molecule has 0 saturated heterocycles. The molecule has 7 heteroatoms. The Labute approximate surface area is 133 Å². The van der Waals surface area contributed by atoms with E-state index in [1.54, 1.807) is 4.57 Å². The van der Waals surface area contributed by atoms with E-state index >= 15 is 0 Å². The smallest absolute Gasteiger partial charge is 0.329 e. The molecule has 2 heterocycles. The van der Waals surface area contributed by atoms with E-state index in [9.17, 15) is 9.59 Å². The van der Waals surface area contributed by atoms with Crippen molar-refractivity contribution >= 4 is 21.6 Å². The maximum Gasteiger partial charge on any atom is 0.332 e. The lowest BCUT2D eigenvalue weighted by Crippen LogP contribution is -2.39. The van der Waals surface area contributed by atoms with Crippen LogP contribution < -0.4 is 22.3 Å². The van der Waals surface area contributed by atoms with Gasteiger partial charge >= 0.3 is 5.69 Å². The second-order valence-corrected chi connectivity index (χ2v) is 6.36. The Balaban J connectivity index is 2.69. The van der Waals surface area contributed by atoms with Gasteiger partial charge in [0.05, 0.1) is 5.39 Å². The number of thiophene rings is 1. The summed E-state index contributed by atoms with van der Waals surface area (Å²) in [4.78, 5) is 27.0. The van der Waals surface area contributed by atoms with Gasteiger partial charge in [-0.3, -0.25) is 13.9 Å². The maximum atomic E-state index is 12.6. The van der Waals surface area contributed by atoms with Crippen molar-refractivity contribution in [2.75, 3.05) is 13.1 Å². The lowest BCUT2D eigenvalue weighted by molar-refractivity contribution is 0.585. The number of nitrogens with zero attached hydrogens (tertiary/aromatic N) is 2. The maximum absolute atomic E-state index is 12.6. The number of nitrogens with two attached hydrogens (primary N) is 1. The van der Waals surface area contributed by atoms with Crippen LogP contribution in [-0.2, 0) is 19.6 Å². The summed E-state index contributed by atoms with van der Waals surface area (Å²) >= 11 is 1.53. The SMILES string of the molecule is CCCn1c(=O)n(CC)c(=O)c2c(C)c(CNCCN)sc21. The number of aryl methyl sites for hydroxylation is 2. The molecule has 3 N–H and O–H groups in total. The van der Waals surface area contributed by atoms with Crippen molar-refractivity contribution in [3.63, 3.8) is 0 Å². The molecule has 0 amide bonds. The summed E-state index contributed by atoms with van der Waals surface area (Å²) < 4.78 is 3.07. The van der Waals surface area contributed by atoms with E-state index in [1.165, 1.54) is 15.9 Å². The van der Waals surface area contributed by atoms with Crippen molar-refractivity contribution in [3.05, 3.63) is 31.3 Å². The highest BCUT2D eigenvalue weighted by Crippen LogP contribution is 2.27. The van der Waals surface area contributed by atoms with Crippen molar-refractivity contribution in [1.82, 2.24) is 14.5 Å². The van der Waals surface area contributed by atoms with Gasteiger partial charge in [-0.15, -0.1) is 11.3 Å². The lowest BCUT2D eigenvalue weighted by Gasteiger charge is -2.09. The highest BCUT2D eigenvalue weighted by atomic mass is 32.1. The zero-order chi connectivity index (χ0) is 16.3. The largest absolute Gasteiger partial charge is 0.332 e. The molecular weight excluding hydrogens is 300 g/mol. The van der Waals surface area contributed by atoms with E-state index in [1.807, 2.05) is 20.8 Å². The molecule has 0 unspecified atom stereocenters. The highest BCUT2D eigenvalue weighted by molar-refractivity contribution is 7.18.